The van der Waals surface area contributed by atoms with Gasteiger partial charge in [-0.05, 0) is 42.8 Å². The molecule has 0 aliphatic carbocycles. The van der Waals surface area contributed by atoms with E-state index in [4.69, 9.17) is 42.3 Å². The normalized spacial score (nSPS) is 32.6. The van der Waals surface area contributed by atoms with E-state index in [0.717, 1.165) is 30.3 Å². The van der Waals surface area contributed by atoms with Crippen molar-refractivity contribution in [2.45, 2.75) is 99.0 Å². The molecular weight excluding hydrogens is 884 g/mol. The number of rotatable bonds is 13. The summed E-state index contributed by atoms with van der Waals surface area (Å²) in [6.07, 6.45) is -23.0. The largest absolute Gasteiger partial charge is 0.507 e. The summed E-state index contributed by atoms with van der Waals surface area (Å²) in [5.41, 5.74) is 0.345. The van der Waals surface area contributed by atoms with E-state index in [1.54, 1.807) is 0 Å². The third-order valence-corrected chi connectivity index (χ3v) is 11.1. The number of fused-ring (bicyclic) bond motifs is 1. The summed E-state index contributed by atoms with van der Waals surface area (Å²) < 4.78 is 51.0. The molecule has 3 aromatic carbocycles. The molecule has 0 radical (unpaired) electrons. The van der Waals surface area contributed by atoms with E-state index in [9.17, 15) is 71.2 Å². The van der Waals surface area contributed by atoms with Crippen molar-refractivity contribution in [3.05, 3.63) is 66.2 Å². The summed E-state index contributed by atoms with van der Waals surface area (Å²) in [6.45, 7) is 0.133. The van der Waals surface area contributed by atoms with Crippen molar-refractivity contribution in [3.8, 4) is 51.6 Å². The summed E-state index contributed by atoms with van der Waals surface area (Å²) in [7, 11) is 1.35. The highest BCUT2D eigenvalue weighted by molar-refractivity contribution is 5.89. The lowest BCUT2D eigenvalue weighted by molar-refractivity contribution is -0.318. The molecule has 1 aromatic heterocycles. The topological polar surface area (TPSA) is 365 Å². The molecule has 13 N–H and O–H groups in total. The maximum Gasteiger partial charge on any atom is 0.402 e. The average Bonchev–Trinajstić information content (AvgIpc) is 3.29. The maximum atomic E-state index is 12.6. The van der Waals surface area contributed by atoms with Gasteiger partial charge in [-0.2, -0.15) is 0 Å². The second-order valence-electron chi connectivity index (χ2n) is 15.7. The Morgan fingerprint density at radius 2 is 1.23 bits per heavy atom. The number of phenolic OH excluding ortho intramolecular Hbond substituents is 4. The van der Waals surface area contributed by atoms with Crippen LogP contribution < -0.4 is 14.2 Å². The first kappa shape index (κ1) is 48.3. The monoisotopic (exact) mass is 933 g/mol. The Balaban J connectivity index is 1.15. The van der Waals surface area contributed by atoms with Crippen LogP contribution in [0.2, 0.25) is 0 Å². The number of esters is 1. The second kappa shape index (κ2) is 20.1. The van der Waals surface area contributed by atoms with Gasteiger partial charge < -0.3 is 104 Å². The van der Waals surface area contributed by atoms with Crippen molar-refractivity contribution < 1.29 is 113 Å². The van der Waals surface area contributed by atoms with Gasteiger partial charge in [0.05, 0.1) is 31.5 Å². The molecule has 4 heterocycles. The first-order valence-corrected chi connectivity index (χ1v) is 20.3. The van der Waals surface area contributed by atoms with Gasteiger partial charge in [-0.3, -0.25) is 0 Å². The summed E-state index contributed by atoms with van der Waals surface area (Å²) in [4.78, 5) is 12.6. The van der Waals surface area contributed by atoms with Crippen LogP contribution in [0.15, 0.2) is 65.1 Å². The number of phenols is 4. The Hall–Kier alpha value is -5.64. The first-order chi connectivity index (χ1) is 31.3. The number of aromatic hydroxyl groups is 4. The van der Waals surface area contributed by atoms with Crippen molar-refractivity contribution >= 4 is 23.0 Å². The Morgan fingerprint density at radius 3 is 1.88 bits per heavy atom. The fourth-order valence-corrected chi connectivity index (χ4v) is 7.29. The number of methoxy groups -OCH3 is 1. The number of hydrogen-bond donors (Lipinski definition) is 13. The van der Waals surface area contributed by atoms with Crippen LogP contribution in [-0.4, -0.2) is 185 Å². The first-order valence-electron chi connectivity index (χ1n) is 20.3. The van der Waals surface area contributed by atoms with E-state index >= 15 is 0 Å². The van der Waals surface area contributed by atoms with Crippen LogP contribution in [0.5, 0.6) is 40.2 Å². The number of benzene rings is 3. The van der Waals surface area contributed by atoms with Gasteiger partial charge in [0.1, 0.15) is 90.6 Å². The molecule has 3 aliphatic rings. The molecule has 0 unspecified atom stereocenters. The highest BCUT2D eigenvalue weighted by Crippen LogP contribution is 2.43. The Kier molecular flexibility index (Phi) is 14.7. The van der Waals surface area contributed by atoms with Crippen LogP contribution in [0.25, 0.3) is 28.4 Å². The molecule has 358 valence electrons. The zero-order valence-electron chi connectivity index (χ0n) is 34.8. The van der Waals surface area contributed by atoms with Crippen LogP contribution in [0.3, 0.4) is 0 Å². The van der Waals surface area contributed by atoms with Crippen LogP contribution >= 0.6 is 0 Å². The molecule has 0 spiro atoms. The molecule has 66 heavy (non-hydrogen) atoms. The molecule has 3 fully saturated rings. The predicted molar refractivity (Wildman–Crippen MR) is 219 cm³/mol. The summed E-state index contributed by atoms with van der Waals surface area (Å²) in [6, 6.07) is 11.2. The minimum atomic E-state index is -1.98. The lowest BCUT2D eigenvalue weighted by atomic mass is 9.98. The van der Waals surface area contributed by atoms with Gasteiger partial charge in [0.2, 0.25) is 18.3 Å². The molecule has 23 heteroatoms. The predicted octanol–water partition coefficient (Wildman–Crippen LogP) is -1.31. The van der Waals surface area contributed by atoms with Crippen molar-refractivity contribution in [1.29, 1.82) is 0 Å². The molecule has 23 nitrogen and oxygen atoms in total. The standard InChI is InChI=1S/C43H48O23/c1-16-31(49)34(52)37(55)41(61-16)60-15-29-33(51)36(54)39(57)43(66-29)64-27-13-20-24(62-40(27)18-5-7-21(45)23(47)10-18)11-19(44)12-25(20)63-42-38(56)35(53)32(50)28(65-42)14-59-30(48)8-4-17-3-6-22(46)26(9-17)58-2/h3-13,16,28-29,31-39,41-43,49-57H,14-15H2,1-2H3,(H3-,44,45,46,47,48)/p+1/t16-,28+,29+,31-,32+,33-,34+,35-,36-,37+,38+,39+,41+,42+,43+/m0/s1. The van der Waals surface area contributed by atoms with Gasteiger partial charge in [-0.25, -0.2) is 9.21 Å². The quantitative estimate of drug-likeness (QED) is 0.0320. The molecule has 0 bridgehead atoms. The van der Waals surface area contributed by atoms with Crippen molar-refractivity contribution in [1.82, 2.24) is 0 Å². The number of aliphatic hydroxyl groups is 9. The average molecular weight is 934 g/mol. The fraction of sp³-hybridized carbons (Fsp3) is 0.442. The third kappa shape index (κ3) is 10.2. The van der Waals surface area contributed by atoms with Gasteiger partial charge in [-0.1, -0.05) is 6.07 Å². The molecule has 7 rings (SSSR count). The van der Waals surface area contributed by atoms with E-state index in [1.807, 2.05) is 0 Å². The van der Waals surface area contributed by atoms with E-state index in [1.165, 1.54) is 50.4 Å². The smallest absolute Gasteiger partial charge is 0.402 e. The van der Waals surface area contributed by atoms with E-state index in [-0.39, 0.29) is 45.3 Å². The van der Waals surface area contributed by atoms with Gasteiger partial charge in [0.25, 0.3) is 0 Å². The summed E-state index contributed by atoms with van der Waals surface area (Å²) in [5, 5.41) is 137. The lowest BCUT2D eigenvalue weighted by Gasteiger charge is -2.42. The number of carbonyl (C=O) groups is 1. The number of aliphatic hydroxyl groups excluding tert-OH is 9. The zero-order valence-corrected chi connectivity index (χ0v) is 34.8. The van der Waals surface area contributed by atoms with Crippen LogP contribution in [0, 0.1) is 0 Å². The van der Waals surface area contributed by atoms with Crippen molar-refractivity contribution in [2.24, 2.45) is 0 Å². The Morgan fingerprint density at radius 1 is 0.621 bits per heavy atom. The second-order valence-corrected chi connectivity index (χ2v) is 15.7. The van der Waals surface area contributed by atoms with Crippen molar-refractivity contribution in [3.63, 3.8) is 0 Å². The SMILES string of the molecule is COc1cc(C=CC(=O)OC[C@H]2O[C@@H](Oc3cc(O)cc4[o+]c(-c5ccc(O)c(O)c5)c(O[C@@H]5O[C@H](CO[C@@H]6O[C@@H](C)[C@H](O)[C@@H](O)[C@H]6O)[C@H](O)[C@H](O)[C@H]5O)cc34)[C@H](O)[C@@H](O)[C@@H]2O)ccc1O. The molecule has 4 aromatic rings. The van der Waals surface area contributed by atoms with Crippen LogP contribution in [-0.2, 0) is 28.5 Å². The van der Waals surface area contributed by atoms with Gasteiger partial charge in [-0.15, -0.1) is 0 Å². The maximum absolute atomic E-state index is 12.6. The number of hydrogen-bond acceptors (Lipinski definition) is 22. The zero-order chi connectivity index (χ0) is 47.7. The fourth-order valence-electron chi connectivity index (χ4n) is 7.29. The summed E-state index contributed by atoms with van der Waals surface area (Å²) in [5.74, 6) is -3.35. The molecule has 15 atom stereocenters. The lowest BCUT2D eigenvalue weighted by Crippen LogP contribution is -2.61. The van der Waals surface area contributed by atoms with Gasteiger partial charge in [0.15, 0.2) is 29.3 Å². The van der Waals surface area contributed by atoms with Crippen LogP contribution in [0.4, 0.5) is 0 Å². The Bertz CT molecular complexity index is 2380. The minimum absolute atomic E-state index is 0.0373. The van der Waals surface area contributed by atoms with E-state index < -0.39 is 129 Å². The molecule has 0 saturated carbocycles. The Labute approximate surface area is 373 Å². The molecular formula is C43H49O23+. The highest BCUT2D eigenvalue weighted by Gasteiger charge is 2.49. The van der Waals surface area contributed by atoms with Crippen LogP contribution in [0.1, 0.15) is 12.5 Å². The highest BCUT2D eigenvalue weighted by atomic mass is 16.7. The third-order valence-electron chi connectivity index (χ3n) is 11.1. The number of carbonyl (C=O) groups excluding carboxylic acids is 1. The molecule has 3 saturated heterocycles. The van der Waals surface area contributed by atoms with Gasteiger partial charge in [0, 0.05) is 24.3 Å². The van der Waals surface area contributed by atoms with E-state index in [2.05, 4.69) is 0 Å². The van der Waals surface area contributed by atoms with E-state index in [0.29, 0.717) is 5.56 Å². The van der Waals surface area contributed by atoms with Crippen molar-refractivity contribution in [2.75, 3.05) is 20.3 Å². The van der Waals surface area contributed by atoms with Gasteiger partial charge >= 0.3 is 17.3 Å². The molecule has 3 aliphatic heterocycles. The summed E-state index contributed by atoms with van der Waals surface area (Å²) >= 11 is 0. The number of ether oxygens (including phenoxy) is 8. The molecule has 0 amide bonds. The minimum Gasteiger partial charge on any atom is -0.507 e.